The van der Waals surface area contributed by atoms with Gasteiger partial charge in [-0.3, -0.25) is 18.2 Å². The molecule has 0 spiro atoms. The summed E-state index contributed by atoms with van der Waals surface area (Å²) in [6, 6.07) is 8.22. The van der Waals surface area contributed by atoms with E-state index in [1.807, 2.05) is 41.5 Å². The number of nitrogens with one attached hydrogen (secondary N) is 2. The Balaban J connectivity index is -0.000000558. The van der Waals surface area contributed by atoms with Gasteiger partial charge >= 0.3 is 20.8 Å². The first kappa shape index (κ1) is 44.6. The summed E-state index contributed by atoms with van der Waals surface area (Å²) in [6.07, 6.45) is -1.51. The lowest BCUT2D eigenvalue weighted by molar-refractivity contribution is 0.162. The third-order valence-electron chi connectivity index (χ3n) is 4.27. The lowest BCUT2D eigenvalue weighted by atomic mass is 10.1. The lowest BCUT2D eigenvalue weighted by Gasteiger charge is -2.23. The predicted octanol–water partition coefficient (Wildman–Crippen LogP) is 1.90. The van der Waals surface area contributed by atoms with Gasteiger partial charge in [0.2, 0.25) is 0 Å². The molecule has 0 saturated carbocycles. The molecule has 0 aliphatic carbocycles. The molecule has 0 bridgehead atoms. The van der Waals surface area contributed by atoms with Crippen molar-refractivity contribution in [3.63, 3.8) is 0 Å². The van der Waals surface area contributed by atoms with Crippen LogP contribution in [0.3, 0.4) is 0 Å². The van der Waals surface area contributed by atoms with E-state index in [9.17, 15) is 30.6 Å². The Labute approximate surface area is 251 Å². The molecular weight excluding hydrogens is 618 g/mol. The highest BCUT2D eigenvalue weighted by Crippen LogP contribution is 2.26. The van der Waals surface area contributed by atoms with Crippen LogP contribution in [0.4, 0.5) is 0 Å². The molecule has 252 valence electrons. The third kappa shape index (κ3) is 31.9. The Morgan fingerprint density at radius 2 is 0.744 bits per heavy atom. The van der Waals surface area contributed by atoms with Crippen molar-refractivity contribution in [2.45, 2.75) is 64.8 Å². The lowest BCUT2D eigenvalue weighted by Crippen LogP contribution is -2.38. The Morgan fingerprint density at radius 3 is 0.907 bits per heavy atom. The summed E-state index contributed by atoms with van der Waals surface area (Å²) in [5.41, 5.74) is 0.822. The monoisotopic (exact) mass is 663 g/mol. The van der Waals surface area contributed by atoms with E-state index in [-0.39, 0.29) is 40.2 Å². The quantitative estimate of drug-likeness (QED) is 0.196. The molecule has 43 heavy (non-hydrogen) atoms. The number of hydrogen-bond donors (Lipinski definition) is 13. The van der Waals surface area contributed by atoms with Gasteiger partial charge in [0.1, 0.15) is 23.0 Å². The highest BCUT2D eigenvalue weighted by molar-refractivity contribution is 7.80. The molecule has 0 heterocycles. The van der Waals surface area contributed by atoms with Crippen molar-refractivity contribution < 1.29 is 65.7 Å². The Kier molecular flexibility index (Phi) is 19.5. The first-order valence-electron chi connectivity index (χ1n) is 11.9. The minimum Gasteiger partial charge on any atom is -0.508 e. The van der Waals surface area contributed by atoms with Crippen LogP contribution in [-0.2, 0) is 20.8 Å². The molecule has 19 heteroatoms. The molecule has 15 N–H and O–H groups in total. The van der Waals surface area contributed by atoms with Crippen molar-refractivity contribution in [1.82, 2.24) is 16.8 Å². The van der Waals surface area contributed by atoms with Crippen LogP contribution in [0, 0.1) is 0 Å². The second-order valence-electron chi connectivity index (χ2n) is 10.8. The number of aromatic hydroxyl groups is 4. The van der Waals surface area contributed by atoms with E-state index >= 15 is 0 Å². The van der Waals surface area contributed by atoms with Crippen LogP contribution in [0.5, 0.6) is 23.0 Å². The molecule has 0 amide bonds. The number of phenols is 4. The Hall–Kier alpha value is -2.82. The molecule has 0 fully saturated rings. The van der Waals surface area contributed by atoms with Gasteiger partial charge in [-0.05, 0) is 76.9 Å². The summed E-state index contributed by atoms with van der Waals surface area (Å²) in [4.78, 5) is 0. The van der Waals surface area contributed by atoms with Gasteiger partial charge in [-0.1, -0.05) is 0 Å². The summed E-state index contributed by atoms with van der Waals surface area (Å²) < 4.78 is 63.2. The van der Waals surface area contributed by atoms with Gasteiger partial charge in [0.25, 0.3) is 0 Å². The molecule has 0 aliphatic heterocycles. The van der Waals surface area contributed by atoms with E-state index in [0.29, 0.717) is 24.2 Å². The zero-order valence-electron chi connectivity index (χ0n) is 24.7. The third-order valence-corrected chi connectivity index (χ3v) is 4.27. The molecule has 0 saturated heterocycles. The van der Waals surface area contributed by atoms with Crippen LogP contribution >= 0.6 is 0 Å². The van der Waals surface area contributed by atoms with Gasteiger partial charge in [-0.2, -0.15) is 16.8 Å². The number of aliphatic hydroxyl groups excluding tert-OH is 2. The number of hydrogen-bond acceptors (Lipinski definition) is 13. The number of benzene rings is 2. The highest BCUT2D eigenvalue weighted by atomic mass is 32.3. The van der Waals surface area contributed by atoms with Crippen molar-refractivity contribution in [1.29, 1.82) is 0 Å². The first-order chi connectivity index (χ1) is 18.6. The molecule has 0 radical (unpaired) electrons. The van der Waals surface area contributed by atoms with Gasteiger partial charge in [-0.15, -0.1) is 0 Å². The van der Waals surface area contributed by atoms with Crippen LogP contribution in [0.2, 0.25) is 0 Å². The molecule has 17 nitrogen and oxygen atoms in total. The van der Waals surface area contributed by atoms with E-state index in [2.05, 4.69) is 10.6 Å². The average molecular weight is 664 g/mol. The normalized spacial score (nSPS) is 12.9. The maximum Gasteiger partial charge on any atom is 0.394 e. The maximum atomic E-state index is 9.85. The molecule has 2 aromatic carbocycles. The van der Waals surface area contributed by atoms with Crippen LogP contribution in [-0.4, -0.2) is 89.9 Å². The van der Waals surface area contributed by atoms with E-state index < -0.39 is 33.0 Å². The fraction of sp³-hybridized carbons (Fsp3) is 0.500. The average Bonchev–Trinajstić information content (AvgIpc) is 2.71. The van der Waals surface area contributed by atoms with Crippen LogP contribution in [0.15, 0.2) is 36.4 Å². The zero-order chi connectivity index (χ0) is 33.7. The molecule has 2 aromatic rings. The minimum atomic E-state index is -4.67. The van der Waals surface area contributed by atoms with Crippen LogP contribution in [0.1, 0.15) is 64.9 Å². The first-order valence-corrected chi connectivity index (χ1v) is 14.7. The molecule has 2 unspecified atom stereocenters. The van der Waals surface area contributed by atoms with Gasteiger partial charge < -0.3 is 47.4 Å². The van der Waals surface area contributed by atoms with Gasteiger partial charge in [-0.25, -0.2) is 0 Å². The largest absolute Gasteiger partial charge is 0.508 e. The maximum absolute atomic E-state index is 9.85. The number of rotatable bonds is 6. The Morgan fingerprint density at radius 1 is 0.558 bits per heavy atom. The predicted molar refractivity (Wildman–Crippen MR) is 158 cm³/mol. The van der Waals surface area contributed by atoms with E-state index in [4.69, 9.17) is 35.0 Å². The summed E-state index contributed by atoms with van der Waals surface area (Å²) in [6.45, 7) is 12.7. The molecule has 2 atom stereocenters. The van der Waals surface area contributed by atoms with Crippen molar-refractivity contribution in [2.24, 2.45) is 0 Å². The van der Waals surface area contributed by atoms with Gasteiger partial charge in [0.05, 0.1) is 12.2 Å². The molecule has 0 aliphatic rings. The number of phenolic OH excluding ortho intramolecular Hbond substituents is 4. The minimum absolute atomic E-state index is 0. The summed E-state index contributed by atoms with van der Waals surface area (Å²) in [5.74, 6) is -0.204. The zero-order valence-corrected chi connectivity index (χ0v) is 26.3. The van der Waals surface area contributed by atoms with Crippen LogP contribution < -0.4 is 16.8 Å². The van der Waals surface area contributed by atoms with Crippen molar-refractivity contribution in [2.75, 3.05) is 13.1 Å². The Bertz CT molecular complexity index is 1150. The van der Waals surface area contributed by atoms with Gasteiger partial charge in [0, 0.05) is 36.3 Å². The van der Waals surface area contributed by atoms with Crippen molar-refractivity contribution in [3.05, 3.63) is 47.5 Å². The molecular formula is C24H45N3O14S2. The topological polar surface area (TPSA) is 330 Å². The van der Waals surface area contributed by atoms with Crippen molar-refractivity contribution in [3.8, 4) is 23.0 Å². The van der Waals surface area contributed by atoms with Crippen molar-refractivity contribution >= 4 is 20.8 Å². The van der Waals surface area contributed by atoms with E-state index in [0.717, 1.165) is 0 Å². The highest BCUT2D eigenvalue weighted by Gasteiger charge is 2.15. The second-order valence-corrected chi connectivity index (χ2v) is 12.5. The summed E-state index contributed by atoms with van der Waals surface area (Å²) in [7, 11) is -9.33. The summed E-state index contributed by atoms with van der Waals surface area (Å²) in [5, 5.41) is 63.1. The fourth-order valence-electron chi connectivity index (χ4n) is 2.66. The molecule has 2 rings (SSSR count). The standard InChI is InChI=1S/2C12H19NO3.H3N.2H2O4S/c2*1-12(2,3)13-7-11(16)8-4-9(14)6-10(15)5-8;;2*1-5(2,3)4/h2*4-6,11,13-16H,7H2,1-3H3;1H3;2*(H2,1,2,3,4). The molecule has 0 aromatic heterocycles. The SMILES string of the molecule is CC(C)(C)NCC(O)c1cc(O)cc(O)c1.CC(C)(C)NCC(O)c1cc(O)cc(O)c1.N.O=S(=O)(O)O.O=S(=O)(O)O. The van der Waals surface area contributed by atoms with E-state index in [1.165, 1.54) is 36.4 Å². The van der Waals surface area contributed by atoms with Crippen LogP contribution in [0.25, 0.3) is 0 Å². The van der Waals surface area contributed by atoms with E-state index in [1.54, 1.807) is 0 Å². The number of β-amino-alcohol motifs (C(OH)–C–C–N with tert-alkyl or cyclic N) is 2. The fourth-order valence-corrected chi connectivity index (χ4v) is 2.66. The second kappa shape index (κ2) is 18.8. The van der Waals surface area contributed by atoms with Gasteiger partial charge in [0.15, 0.2) is 0 Å². The number of aliphatic hydroxyl groups is 2. The summed E-state index contributed by atoms with van der Waals surface area (Å²) >= 11 is 0. The smallest absolute Gasteiger partial charge is 0.394 e.